The summed E-state index contributed by atoms with van der Waals surface area (Å²) in [5, 5.41) is 3.82. The quantitative estimate of drug-likeness (QED) is 0.618. The lowest BCUT2D eigenvalue weighted by Crippen LogP contribution is -2.52. The van der Waals surface area contributed by atoms with Gasteiger partial charge < -0.3 is 10.1 Å². The summed E-state index contributed by atoms with van der Waals surface area (Å²) in [4.78, 5) is 32.8. The van der Waals surface area contributed by atoms with Crippen molar-refractivity contribution < 1.29 is 14.3 Å². The number of hydrogen-bond donors (Lipinski definition) is 1. The van der Waals surface area contributed by atoms with E-state index in [1.807, 2.05) is 62.4 Å². The number of fused-ring (bicyclic) bond motifs is 1. The van der Waals surface area contributed by atoms with E-state index in [1.54, 1.807) is 17.2 Å². The molecular formula is C24H25N3O3S. The van der Waals surface area contributed by atoms with Gasteiger partial charge in [-0.2, -0.15) is 0 Å². The molecule has 2 amide bonds. The molecule has 3 aromatic rings. The van der Waals surface area contributed by atoms with Crippen molar-refractivity contribution in [1.29, 1.82) is 0 Å². The fourth-order valence-electron chi connectivity index (χ4n) is 3.57. The second-order valence-electron chi connectivity index (χ2n) is 7.41. The molecule has 0 saturated carbocycles. The largest absolute Gasteiger partial charge is 0.477 e. The molecule has 1 atom stereocenters. The van der Waals surface area contributed by atoms with Crippen LogP contribution in [-0.2, 0) is 4.79 Å². The first-order chi connectivity index (χ1) is 15.1. The number of ether oxygens (including phenoxy) is 1. The molecule has 0 bridgehead atoms. The first kappa shape index (κ1) is 21.1. The van der Waals surface area contributed by atoms with Crippen LogP contribution in [0.5, 0.6) is 5.75 Å². The van der Waals surface area contributed by atoms with Gasteiger partial charge in [0.1, 0.15) is 15.6 Å². The van der Waals surface area contributed by atoms with Crippen LogP contribution in [0.4, 0.5) is 5.69 Å². The highest BCUT2D eigenvalue weighted by molar-refractivity contribution is 7.17. The SMILES string of the molecule is CCC(CC)NC(=O)C1CN(C(=O)c2cnc(-c3ccccc3)s2)c2ccccc2O1. The van der Waals surface area contributed by atoms with Crippen molar-refractivity contribution in [3.63, 3.8) is 0 Å². The van der Waals surface area contributed by atoms with Gasteiger partial charge in [-0.25, -0.2) is 4.98 Å². The Morgan fingerprint density at radius 2 is 1.84 bits per heavy atom. The number of hydrogen-bond acceptors (Lipinski definition) is 5. The highest BCUT2D eigenvalue weighted by atomic mass is 32.1. The van der Waals surface area contributed by atoms with Gasteiger partial charge in [0.2, 0.25) is 0 Å². The number of anilines is 1. The Balaban J connectivity index is 1.60. The van der Waals surface area contributed by atoms with Crippen LogP contribution >= 0.6 is 11.3 Å². The molecule has 0 aliphatic carbocycles. The Labute approximate surface area is 185 Å². The molecule has 2 heterocycles. The number of para-hydroxylation sites is 2. The van der Waals surface area contributed by atoms with E-state index >= 15 is 0 Å². The van der Waals surface area contributed by atoms with Crippen molar-refractivity contribution in [3.8, 4) is 16.3 Å². The molecule has 1 aliphatic heterocycles. The third-order valence-electron chi connectivity index (χ3n) is 5.38. The molecule has 1 aliphatic rings. The number of thiazole rings is 1. The molecule has 160 valence electrons. The van der Waals surface area contributed by atoms with E-state index < -0.39 is 6.10 Å². The van der Waals surface area contributed by atoms with Gasteiger partial charge in [0.05, 0.1) is 18.4 Å². The van der Waals surface area contributed by atoms with Gasteiger partial charge in [-0.1, -0.05) is 56.3 Å². The fraction of sp³-hybridized carbons (Fsp3) is 0.292. The van der Waals surface area contributed by atoms with E-state index in [1.165, 1.54) is 11.3 Å². The summed E-state index contributed by atoms with van der Waals surface area (Å²) in [6.45, 7) is 4.23. The molecule has 1 aromatic heterocycles. The van der Waals surface area contributed by atoms with Crippen molar-refractivity contribution in [2.24, 2.45) is 0 Å². The maximum Gasteiger partial charge on any atom is 0.270 e. The van der Waals surface area contributed by atoms with Crippen LogP contribution in [0.25, 0.3) is 10.6 Å². The molecule has 0 spiro atoms. The van der Waals surface area contributed by atoms with Gasteiger partial charge in [-0.15, -0.1) is 11.3 Å². The number of aromatic nitrogens is 1. The van der Waals surface area contributed by atoms with Crippen LogP contribution in [0, 0.1) is 0 Å². The van der Waals surface area contributed by atoms with Gasteiger partial charge in [-0.3, -0.25) is 14.5 Å². The normalized spacial score (nSPS) is 15.3. The molecule has 0 radical (unpaired) electrons. The van der Waals surface area contributed by atoms with Gasteiger partial charge in [-0.05, 0) is 25.0 Å². The Bertz CT molecular complexity index is 1060. The van der Waals surface area contributed by atoms with Crippen LogP contribution in [0.15, 0.2) is 60.8 Å². The zero-order valence-corrected chi connectivity index (χ0v) is 18.4. The second-order valence-corrected chi connectivity index (χ2v) is 8.44. The van der Waals surface area contributed by atoms with Crippen LogP contribution in [0.3, 0.4) is 0 Å². The maximum absolute atomic E-state index is 13.4. The lowest BCUT2D eigenvalue weighted by atomic mass is 10.1. The van der Waals surface area contributed by atoms with Gasteiger partial charge >= 0.3 is 0 Å². The van der Waals surface area contributed by atoms with Crippen molar-refractivity contribution >= 4 is 28.8 Å². The minimum atomic E-state index is -0.763. The first-order valence-electron chi connectivity index (χ1n) is 10.5. The summed E-state index contributed by atoms with van der Waals surface area (Å²) in [7, 11) is 0. The lowest BCUT2D eigenvalue weighted by Gasteiger charge is -2.34. The summed E-state index contributed by atoms with van der Waals surface area (Å²) < 4.78 is 5.96. The minimum absolute atomic E-state index is 0.0901. The Morgan fingerprint density at radius 3 is 2.58 bits per heavy atom. The Kier molecular flexibility index (Phi) is 6.32. The average molecular weight is 436 g/mol. The summed E-state index contributed by atoms with van der Waals surface area (Å²) in [6.07, 6.45) is 2.53. The van der Waals surface area contributed by atoms with E-state index in [0.717, 1.165) is 23.4 Å². The summed E-state index contributed by atoms with van der Waals surface area (Å²) in [5.74, 6) is 0.144. The molecule has 6 nitrogen and oxygen atoms in total. The summed E-state index contributed by atoms with van der Waals surface area (Å²) >= 11 is 1.35. The van der Waals surface area contributed by atoms with E-state index in [-0.39, 0.29) is 24.4 Å². The van der Waals surface area contributed by atoms with E-state index in [9.17, 15) is 9.59 Å². The van der Waals surface area contributed by atoms with E-state index in [0.29, 0.717) is 16.3 Å². The molecule has 1 N–H and O–H groups in total. The monoisotopic (exact) mass is 435 g/mol. The van der Waals surface area contributed by atoms with Crippen LogP contribution in [0.1, 0.15) is 36.4 Å². The topological polar surface area (TPSA) is 71.5 Å². The minimum Gasteiger partial charge on any atom is -0.477 e. The number of carbonyl (C=O) groups is 2. The number of rotatable bonds is 6. The highest BCUT2D eigenvalue weighted by Crippen LogP contribution is 2.35. The Morgan fingerprint density at radius 1 is 1.13 bits per heavy atom. The number of nitrogens with zero attached hydrogens (tertiary/aromatic N) is 2. The first-order valence-corrected chi connectivity index (χ1v) is 11.3. The smallest absolute Gasteiger partial charge is 0.270 e. The maximum atomic E-state index is 13.4. The summed E-state index contributed by atoms with van der Waals surface area (Å²) in [6, 6.07) is 17.2. The third kappa shape index (κ3) is 4.46. The van der Waals surface area contributed by atoms with E-state index in [2.05, 4.69) is 10.3 Å². The molecule has 0 fully saturated rings. The van der Waals surface area contributed by atoms with Crippen LogP contribution in [0.2, 0.25) is 0 Å². The van der Waals surface area contributed by atoms with Crippen molar-refractivity contribution in [1.82, 2.24) is 10.3 Å². The third-order valence-corrected chi connectivity index (χ3v) is 6.41. The van der Waals surface area contributed by atoms with Gasteiger partial charge in [0.25, 0.3) is 11.8 Å². The fourth-order valence-corrected chi connectivity index (χ4v) is 4.44. The van der Waals surface area contributed by atoms with Crippen molar-refractivity contribution in [2.45, 2.75) is 38.8 Å². The second kappa shape index (κ2) is 9.31. The predicted octanol–water partition coefficient (Wildman–Crippen LogP) is 4.52. The average Bonchev–Trinajstić information content (AvgIpc) is 3.32. The summed E-state index contributed by atoms with van der Waals surface area (Å²) in [5.41, 5.74) is 1.63. The van der Waals surface area contributed by atoms with E-state index in [4.69, 9.17) is 4.74 Å². The molecule has 0 saturated heterocycles. The molecule has 4 rings (SSSR count). The number of benzene rings is 2. The molecule has 2 aromatic carbocycles. The standard InChI is InChI=1S/C24H25N3O3S/c1-3-17(4-2)26-22(28)20-15-27(18-12-8-9-13-19(18)30-20)24(29)21-14-25-23(31-21)16-10-6-5-7-11-16/h5-14,17,20H,3-4,15H2,1-2H3,(H,26,28). The Hall–Kier alpha value is -3.19. The number of amides is 2. The van der Waals surface area contributed by atoms with Gasteiger partial charge in [0.15, 0.2) is 6.10 Å². The molecular weight excluding hydrogens is 410 g/mol. The van der Waals surface area contributed by atoms with Crippen LogP contribution < -0.4 is 15.0 Å². The molecule has 1 unspecified atom stereocenters. The zero-order valence-electron chi connectivity index (χ0n) is 17.6. The molecule has 7 heteroatoms. The predicted molar refractivity (Wildman–Crippen MR) is 123 cm³/mol. The lowest BCUT2D eigenvalue weighted by molar-refractivity contribution is -0.128. The zero-order chi connectivity index (χ0) is 21.8. The number of carbonyl (C=O) groups excluding carboxylic acids is 2. The van der Waals surface area contributed by atoms with Crippen LogP contribution in [-0.4, -0.2) is 35.5 Å². The van der Waals surface area contributed by atoms with Crippen molar-refractivity contribution in [3.05, 3.63) is 65.7 Å². The van der Waals surface area contributed by atoms with Crippen molar-refractivity contribution in [2.75, 3.05) is 11.4 Å². The number of nitrogens with one attached hydrogen (secondary N) is 1. The highest BCUT2D eigenvalue weighted by Gasteiger charge is 2.35. The molecule has 31 heavy (non-hydrogen) atoms. The van der Waals surface area contributed by atoms with Gasteiger partial charge in [0, 0.05) is 11.6 Å².